The summed E-state index contributed by atoms with van der Waals surface area (Å²) in [7, 11) is 0. The van der Waals surface area contributed by atoms with E-state index in [0.29, 0.717) is 5.69 Å². The van der Waals surface area contributed by atoms with Crippen molar-refractivity contribution in [3.8, 4) is 0 Å². The molecular formula is C8H9BrNO. The molecule has 0 spiro atoms. The van der Waals surface area contributed by atoms with Crippen LogP contribution in [0.25, 0.3) is 0 Å². The molecule has 0 aliphatic carbocycles. The molecule has 1 aromatic rings. The van der Waals surface area contributed by atoms with E-state index in [2.05, 4.69) is 20.9 Å². The number of nitrogens with zero attached hydrogens (tertiary/aromatic N) is 1. The molecule has 0 bridgehead atoms. The van der Waals surface area contributed by atoms with E-state index in [0.717, 1.165) is 17.4 Å². The second-order valence-electron chi connectivity index (χ2n) is 2.20. The third-order valence-corrected chi connectivity index (χ3v) is 1.76. The Morgan fingerprint density at radius 2 is 2.09 bits per heavy atom. The van der Waals surface area contributed by atoms with Crippen LogP contribution in [0.5, 0.6) is 0 Å². The Morgan fingerprint density at radius 1 is 1.36 bits per heavy atom. The lowest BCUT2D eigenvalue weighted by molar-refractivity contribution is 0.173. The molecule has 0 N–H and O–H groups in total. The minimum Gasteiger partial charge on any atom is -0.255 e. The molecule has 1 rings (SSSR count). The molecule has 0 aromatic carbocycles. The lowest BCUT2D eigenvalue weighted by Gasteiger charge is -1.98. The highest BCUT2D eigenvalue weighted by Crippen LogP contribution is 2.01. The van der Waals surface area contributed by atoms with E-state index in [-0.39, 0.29) is 6.61 Å². The van der Waals surface area contributed by atoms with Crippen LogP contribution in [0.4, 0.5) is 0 Å². The van der Waals surface area contributed by atoms with Crippen LogP contribution in [-0.4, -0.2) is 10.3 Å². The topological polar surface area (TPSA) is 32.8 Å². The molecule has 1 heterocycles. The van der Waals surface area contributed by atoms with Gasteiger partial charge in [0.25, 0.3) is 0 Å². The largest absolute Gasteiger partial charge is 0.255 e. The molecule has 0 fully saturated rings. The zero-order chi connectivity index (χ0) is 8.10. The van der Waals surface area contributed by atoms with Crippen molar-refractivity contribution < 1.29 is 5.11 Å². The van der Waals surface area contributed by atoms with Crippen LogP contribution >= 0.6 is 15.9 Å². The third-order valence-electron chi connectivity index (χ3n) is 1.36. The maximum absolute atomic E-state index is 10.4. The van der Waals surface area contributed by atoms with Gasteiger partial charge in [0.05, 0.1) is 5.69 Å². The Labute approximate surface area is 74.4 Å². The first-order valence-electron chi connectivity index (χ1n) is 3.45. The summed E-state index contributed by atoms with van der Waals surface area (Å²) in [6, 6.07) is 5.56. The van der Waals surface area contributed by atoms with Crippen molar-refractivity contribution in [3.63, 3.8) is 0 Å². The molecule has 0 saturated heterocycles. The first kappa shape index (κ1) is 8.68. The van der Waals surface area contributed by atoms with E-state index < -0.39 is 0 Å². The number of hydrogen-bond donors (Lipinski definition) is 0. The number of halogens is 1. The monoisotopic (exact) mass is 214 g/mol. The molecule has 0 atom stereocenters. The van der Waals surface area contributed by atoms with Gasteiger partial charge in [-0.05, 0) is 18.6 Å². The van der Waals surface area contributed by atoms with Crippen molar-refractivity contribution in [1.82, 2.24) is 4.98 Å². The summed E-state index contributed by atoms with van der Waals surface area (Å²) in [5, 5.41) is 11.3. The van der Waals surface area contributed by atoms with E-state index in [9.17, 15) is 5.11 Å². The maximum Gasteiger partial charge on any atom is 0.124 e. The second kappa shape index (κ2) is 4.46. The van der Waals surface area contributed by atoms with Crippen LogP contribution in [0.2, 0.25) is 0 Å². The molecule has 59 valence electrons. The number of alkyl halides is 1. The minimum absolute atomic E-state index is 0.226. The van der Waals surface area contributed by atoms with Crippen molar-refractivity contribution in [2.24, 2.45) is 0 Å². The fourth-order valence-electron chi connectivity index (χ4n) is 0.846. The lowest BCUT2D eigenvalue weighted by atomic mass is 10.2. The Kier molecular flexibility index (Phi) is 3.52. The molecule has 0 saturated carbocycles. The Bertz CT molecular complexity index is 227. The molecule has 11 heavy (non-hydrogen) atoms. The van der Waals surface area contributed by atoms with Gasteiger partial charge in [0.1, 0.15) is 6.61 Å². The van der Waals surface area contributed by atoms with Crippen molar-refractivity contribution in [2.75, 3.05) is 5.33 Å². The van der Waals surface area contributed by atoms with Gasteiger partial charge < -0.3 is 0 Å². The van der Waals surface area contributed by atoms with Gasteiger partial charge in [-0.2, -0.15) is 0 Å². The van der Waals surface area contributed by atoms with E-state index in [4.69, 9.17) is 0 Å². The molecule has 0 aliphatic rings. The van der Waals surface area contributed by atoms with Crippen molar-refractivity contribution in [1.29, 1.82) is 0 Å². The zero-order valence-corrected chi connectivity index (χ0v) is 7.67. The second-order valence-corrected chi connectivity index (χ2v) is 3.00. The Morgan fingerprint density at radius 3 is 2.73 bits per heavy atom. The summed E-state index contributed by atoms with van der Waals surface area (Å²) in [5.41, 5.74) is 1.61. The molecule has 0 aliphatic heterocycles. The van der Waals surface area contributed by atoms with Gasteiger partial charge in [-0.15, -0.1) is 0 Å². The quantitative estimate of drug-likeness (QED) is 0.709. The van der Waals surface area contributed by atoms with Gasteiger partial charge in [-0.3, -0.25) is 4.98 Å². The Hall–Kier alpha value is -0.410. The molecular weight excluding hydrogens is 206 g/mol. The molecule has 0 amide bonds. The molecule has 3 heteroatoms. The van der Waals surface area contributed by atoms with E-state index >= 15 is 0 Å². The standard InChI is InChI=1S/C8H9BrNO/c9-5-4-7-2-1-3-8(6-11)10-7/h1-3H,4-6H2. The number of hydrogen-bond acceptors (Lipinski definition) is 1. The normalized spacial score (nSPS) is 10.0. The first-order chi connectivity index (χ1) is 5.36. The predicted octanol–water partition coefficient (Wildman–Crippen LogP) is 1.95. The summed E-state index contributed by atoms with van der Waals surface area (Å²) in [4.78, 5) is 4.14. The van der Waals surface area contributed by atoms with Crippen molar-refractivity contribution in [2.45, 2.75) is 13.0 Å². The zero-order valence-electron chi connectivity index (χ0n) is 6.09. The van der Waals surface area contributed by atoms with Gasteiger partial charge in [0.2, 0.25) is 0 Å². The molecule has 2 nitrogen and oxygen atoms in total. The third kappa shape index (κ3) is 2.60. The van der Waals surface area contributed by atoms with Gasteiger partial charge in [-0.25, -0.2) is 5.11 Å². The number of rotatable bonds is 3. The van der Waals surface area contributed by atoms with E-state index in [1.807, 2.05) is 12.1 Å². The van der Waals surface area contributed by atoms with Crippen molar-refractivity contribution in [3.05, 3.63) is 29.6 Å². The maximum atomic E-state index is 10.4. The summed E-state index contributed by atoms with van der Waals surface area (Å²) < 4.78 is 0. The summed E-state index contributed by atoms with van der Waals surface area (Å²) in [5.74, 6) is 0. The van der Waals surface area contributed by atoms with Gasteiger partial charge in [0.15, 0.2) is 0 Å². The molecule has 0 unspecified atom stereocenters. The average Bonchev–Trinajstić information content (AvgIpc) is 2.06. The summed E-state index contributed by atoms with van der Waals surface area (Å²) >= 11 is 3.31. The van der Waals surface area contributed by atoms with E-state index in [1.54, 1.807) is 6.07 Å². The van der Waals surface area contributed by atoms with Crippen LogP contribution in [0.1, 0.15) is 11.4 Å². The van der Waals surface area contributed by atoms with E-state index in [1.165, 1.54) is 0 Å². The minimum atomic E-state index is -0.226. The SMILES string of the molecule is [O]Cc1cccc(CCBr)n1. The van der Waals surface area contributed by atoms with Gasteiger partial charge in [-0.1, -0.05) is 22.0 Å². The van der Waals surface area contributed by atoms with Crippen LogP contribution in [0, 0.1) is 0 Å². The summed E-state index contributed by atoms with van der Waals surface area (Å²) in [6.45, 7) is -0.226. The van der Waals surface area contributed by atoms with Gasteiger partial charge >= 0.3 is 0 Å². The van der Waals surface area contributed by atoms with Crippen LogP contribution < -0.4 is 0 Å². The first-order valence-corrected chi connectivity index (χ1v) is 4.58. The number of pyridine rings is 1. The summed E-state index contributed by atoms with van der Waals surface area (Å²) in [6.07, 6.45) is 0.883. The molecule has 1 aromatic heterocycles. The predicted molar refractivity (Wildman–Crippen MR) is 46.1 cm³/mol. The fraction of sp³-hybridized carbons (Fsp3) is 0.375. The number of aromatic nitrogens is 1. The lowest BCUT2D eigenvalue weighted by Crippen LogP contribution is -1.94. The van der Waals surface area contributed by atoms with Crippen LogP contribution in [-0.2, 0) is 18.1 Å². The van der Waals surface area contributed by atoms with Gasteiger partial charge in [0, 0.05) is 11.0 Å². The highest BCUT2D eigenvalue weighted by Gasteiger charge is 1.95. The highest BCUT2D eigenvalue weighted by molar-refractivity contribution is 9.09. The van der Waals surface area contributed by atoms with Crippen LogP contribution in [0.15, 0.2) is 18.2 Å². The molecule has 1 radical (unpaired) electrons. The smallest absolute Gasteiger partial charge is 0.124 e. The fourth-order valence-corrected chi connectivity index (χ4v) is 1.25. The van der Waals surface area contributed by atoms with Crippen LogP contribution in [0.3, 0.4) is 0 Å². The highest BCUT2D eigenvalue weighted by atomic mass is 79.9. The Balaban J connectivity index is 2.74. The number of aryl methyl sites for hydroxylation is 1. The average molecular weight is 215 g/mol. The van der Waals surface area contributed by atoms with Crippen molar-refractivity contribution >= 4 is 15.9 Å².